The number of phenolic OH excluding ortho intramolecular Hbond substituents is 1. The van der Waals surface area contributed by atoms with E-state index in [4.69, 9.17) is 16.6 Å². The van der Waals surface area contributed by atoms with Crippen LogP contribution in [0.3, 0.4) is 0 Å². The molecule has 0 unspecified atom stereocenters. The summed E-state index contributed by atoms with van der Waals surface area (Å²) in [4.78, 5) is 22.6. The Balaban J connectivity index is 1.56. The van der Waals surface area contributed by atoms with Gasteiger partial charge in [-0.1, -0.05) is 43.0 Å². The molecule has 0 spiro atoms. The summed E-state index contributed by atoms with van der Waals surface area (Å²) < 4.78 is 0. The maximum Gasteiger partial charge on any atom is 0.254 e. The Kier molecular flexibility index (Phi) is 5.00. The van der Waals surface area contributed by atoms with Gasteiger partial charge in [0.1, 0.15) is 11.6 Å². The summed E-state index contributed by atoms with van der Waals surface area (Å²) in [5, 5.41) is 10.5. The number of aromatic hydroxyl groups is 1. The van der Waals surface area contributed by atoms with Gasteiger partial charge in [-0.15, -0.1) is 0 Å². The number of aromatic amines is 1. The highest BCUT2D eigenvalue weighted by Crippen LogP contribution is 2.31. The number of rotatable bonds is 3. The maximum atomic E-state index is 12.5. The Labute approximate surface area is 158 Å². The van der Waals surface area contributed by atoms with Crippen LogP contribution in [0.5, 0.6) is 5.75 Å². The second-order valence-corrected chi connectivity index (χ2v) is 7.83. The lowest BCUT2D eigenvalue weighted by atomic mass is 9.88. The summed E-state index contributed by atoms with van der Waals surface area (Å²) in [6.45, 7) is 2.00. The number of benzene rings is 1. The van der Waals surface area contributed by atoms with Gasteiger partial charge in [-0.05, 0) is 25.3 Å². The van der Waals surface area contributed by atoms with Crippen molar-refractivity contribution in [2.45, 2.75) is 57.5 Å². The molecule has 26 heavy (non-hydrogen) atoms. The van der Waals surface area contributed by atoms with Crippen molar-refractivity contribution in [3.8, 4) is 5.75 Å². The van der Waals surface area contributed by atoms with Crippen LogP contribution in [-0.4, -0.2) is 26.5 Å². The van der Waals surface area contributed by atoms with Crippen LogP contribution < -0.4 is 5.56 Å². The lowest BCUT2D eigenvalue weighted by Crippen LogP contribution is -2.35. The number of nitrogens with zero attached hydrogens (tertiary/aromatic N) is 2. The zero-order chi connectivity index (χ0) is 18.1. The molecule has 0 saturated heterocycles. The predicted molar refractivity (Wildman–Crippen MR) is 102 cm³/mol. The molecule has 0 amide bonds. The van der Waals surface area contributed by atoms with Gasteiger partial charge in [-0.25, -0.2) is 4.98 Å². The van der Waals surface area contributed by atoms with Crippen LogP contribution in [0, 0.1) is 0 Å². The van der Waals surface area contributed by atoms with E-state index in [0.29, 0.717) is 30.5 Å². The summed E-state index contributed by atoms with van der Waals surface area (Å²) in [6.07, 6.45) is 6.62. The minimum atomic E-state index is 0.0285. The molecule has 5 nitrogen and oxygen atoms in total. The molecule has 138 valence electrons. The predicted octanol–water partition coefficient (Wildman–Crippen LogP) is 3.73. The maximum absolute atomic E-state index is 12.5. The molecule has 2 N–H and O–H groups in total. The van der Waals surface area contributed by atoms with Crippen LogP contribution in [-0.2, 0) is 19.5 Å². The highest BCUT2D eigenvalue weighted by Gasteiger charge is 2.25. The smallest absolute Gasteiger partial charge is 0.254 e. The summed E-state index contributed by atoms with van der Waals surface area (Å²) in [7, 11) is 0. The molecule has 1 aromatic carbocycles. The largest absolute Gasteiger partial charge is 0.506 e. The molecule has 1 aliphatic heterocycles. The van der Waals surface area contributed by atoms with Crippen LogP contribution in [0.1, 0.15) is 60.7 Å². The van der Waals surface area contributed by atoms with Gasteiger partial charge in [0.15, 0.2) is 0 Å². The standard InChI is InChI=1S/C20H24ClN3O2/c21-16-8-4-7-14(18(16)25)11-24-10-9-15-17(12-24)22-19(23-20(15)26)13-5-2-1-3-6-13/h4,7-8,13,25H,1-3,5-6,9-12H2,(H,22,23,26). The summed E-state index contributed by atoms with van der Waals surface area (Å²) in [5.74, 6) is 1.39. The van der Waals surface area contributed by atoms with Gasteiger partial charge < -0.3 is 10.1 Å². The van der Waals surface area contributed by atoms with Crippen LogP contribution in [0.15, 0.2) is 23.0 Å². The molecular weight excluding hydrogens is 350 g/mol. The molecule has 4 rings (SSSR count). The SMILES string of the molecule is O=c1[nH]c(C2CCCCC2)nc2c1CCN(Cc1cccc(Cl)c1O)C2. The molecule has 1 saturated carbocycles. The fraction of sp³-hybridized carbons (Fsp3) is 0.500. The van der Waals surface area contributed by atoms with E-state index in [0.717, 1.165) is 42.0 Å². The Morgan fingerprint density at radius 3 is 2.88 bits per heavy atom. The van der Waals surface area contributed by atoms with E-state index in [1.54, 1.807) is 6.07 Å². The lowest BCUT2D eigenvalue weighted by molar-refractivity contribution is 0.236. The average Bonchev–Trinajstić information content (AvgIpc) is 2.66. The molecular formula is C20H24ClN3O2. The van der Waals surface area contributed by atoms with Gasteiger partial charge >= 0.3 is 0 Å². The fourth-order valence-electron chi connectivity index (χ4n) is 4.15. The van der Waals surface area contributed by atoms with Crippen LogP contribution in [0.2, 0.25) is 5.02 Å². The van der Waals surface area contributed by atoms with E-state index >= 15 is 0 Å². The van der Waals surface area contributed by atoms with Crippen molar-refractivity contribution < 1.29 is 5.11 Å². The number of fused-ring (bicyclic) bond motifs is 1. The lowest BCUT2D eigenvalue weighted by Gasteiger charge is -2.29. The van der Waals surface area contributed by atoms with E-state index in [1.807, 2.05) is 12.1 Å². The Morgan fingerprint density at radius 1 is 1.27 bits per heavy atom. The molecule has 0 atom stereocenters. The highest BCUT2D eigenvalue weighted by molar-refractivity contribution is 6.32. The average molecular weight is 374 g/mol. The number of nitrogens with one attached hydrogen (secondary N) is 1. The molecule has 0 bridgehead atoms. The molecule has 2 aliphatic rings. The first-order chi connectivity index (χ1) is 12.6. The van der Waals surface area contributed by atoms with Gasteiger partial charge in [0.25, 0.3) is 5.56 Å². The van der Waals surface area contributed by atoms with Gasteiger partial charge in [0.2, 0.25) is 0 Å². The number of halogens is 1. The van der Waals surface area contributed by atoms with Crippen LogP contribution in [0.25, 0.3) is 0 Å². The molecule has 1 aromatic heterocycles. The van der Waals surface area contributed by atoms with Crippen molar-refractivity contribution in [2.75, 3.05) is 6.54 Å². The summed E-state index contributed by atoms with van der Waals surface area (Å²) in [6, 6.07) is 5.41. The molecule has 0 radical (unpaired) electrons. The second kappa shape index (κ2) is 7.41. The van der Waals surface area contributed by atoms with E-state index in [1.165, 1.54) is 19.3 Å². The zero-order valence-electron chi connectivity index (χ0n) is 14.8. The number of para-hydroxylation sites is 1. The number of aromatic nitrogens is 2. The Hall–Kier alpha value is -1.85. The topological polar surface area (TPSA) is 69.2 Å². The van der Waals surface area contributed by atoms with Gasteiger partial charge in [0.05, 0.1) is 10.7 Å². The third kappa shape index (κ3) is 3.51. The van der Waals surface area contributed by atoms with E-state index < -0.39 is 0 Å². The van der Waals surface area contributed by atoms with Crippen LogP contribution in [0.4, 0.5) is 0 Å². The molecule has 2 aromatic rings. The minimum Gasteiger partial charge on any atom is -0.506 e. The first-order valence-electron chi connectivity index (χ1n) is 9.42. The van der Waals surface area contributed by atoms with Crippen molar-refractivity contribution in [3.05, 3.63) is 56.2 Å². The van der Waals surface area contributed by atoms with Crippen molar-refractivity contribution >= 4 is 11.6 Å². The Morgan fingerprint density at radius 2 is 2.08 bits per heavy atom. The number of H-pyrrole nitrogens is 1. The van der Waals surface area contributed by atoms with Gasteiger partial charge in [0, 0.05) is 36.7 Å². The fourth-order valence-corrected chi connectivity index (χ4v) is 4.34. The molecule has 1 fully saturated rings. The van der Waals surface area contributed by atoms with E-state index in [2.05, 4.69) is 9.88 Å². The summed E-state index contributed by atoms with van der Waals surface area (Å²) in [5.41, 5.74) is 2.54. The van der Waals surface area contributed by atoms with Gasteiger partial charge in [-0.3, -0.25) is 9.69 Å². The monoisotopic (exact) mass is 373 g/mol. The number of phenols is 1. The number of hydrogen-bond acceptors (Lipinski definition) is 4. The normalized spacial score (nSPS) is 18.7. The van der Waals surface area contributed by atoms with Crippen molar-refractivity contribution in [3.63, 3.8) is 0 Å². The van der Waals surface area contributed by atoms with E-state index in [-0.39, 0.29) is 11.3 Å². The third-order valence-corrected chi connectivity index (χ3v) is 5.93. The first kappa shape index (κ1) is 17.6. The van der Waals surface area contributed by atoms with Crippen LogP contribution >= 0.6 is 11.6 Å². The molecule has 1 aliphatic carbocycles. The Bertz CT molecular complexity index is 859. The molecule has 2 heterocycles. The minimum absolute atomic E-state index is 0.0285. The summed E-state index contributed by atoms with van der Waals surface area (Å²) >= 11 is 6.01. The molecule has 6 heteroatoms. The van der Waals surface area contributed by atoms with Crippen molar-refractivity contribution in [1.29, 1.82) is 0 Å². The number of hydrogen-bond donors (Lipinski definition) is 2. The van der Waals surface area contributed by atoms with E-state index in [9.17, 15) is 9.90 Å². The van der Waals surface area contributed by atoms with Crippen molar-refractivity contribution in [1.82, 2.24) is 14.9 Å². The quantitative estimate of drug-likeness (QED) is 0.860. The second-order valence-electron chi connectivity index (χ2n) is 7.42. The van der Waals surface area contributed by atoms with Crippen molar-refractivity contribution in [2.24, 2.45) is 0 Å². The highest BCUT2D eigenvalue weighted by atomic mass is 35.5. The zero-order valence-corrected chi connectivity index (χ0v) is 15.6. The van der Waals surface area contributed by atoms with Gasteiger partial charge in [-0.2, -0.15) is 0 Å². The first-order valence-corrected chi connectivity index (χ1v) is 9.80. The third-order valence-electron chi connectivity index (χ3n) is 5.63.